The Labute approximate surface area is 63.9 Å². The van der Waals surface area contributed by atoms with Gasteiger partial charge >= 0.3 is 10.2 Å². The molecule has 62 valence electrons. The van der Waals surface area contributed by atoms with Crippen LogP contribution in [0.15, 0.2) is 11.2 Å². The molecule has 0 aliphatic rings. The van der Waals surface area contributed by atoms with Crippen molar-refractivity contribution in [2.75, 3.05) is 0 Å². The van der Waals surface area contributed by atoms with Crippen molar-refractivity contribution in [3.05, 3.63) is 12.0 Å². The van der Waals surface area contributed by atoms with Gasteiger partial charge in [0.05, 0.1) is 0 Å². The largest absolute Gasteiger partial charge is 0.351 e. The number of halogens is 1. The molecule has 0 radical (unpaired) electrons. The zero-order chi connectivity index (χ0) is 8.65. The molecule has 0 bridgehead atoms. The van der Waals surface area contributed by atoms with Crippen molar-refractivity contribution in [2.45, 2.75) is 11.9 Å². The van der Waals surface area contributed by atoms with Crippen LogP contribution in [-0.4, -0.2) is 18.0 Å². The maximum Gasteiger partial charge on any atom is 0.351 e. The lowest BCUT2D eigenvalue weighted by Crippen LogP contribution is -1.91. The van der Waals surface area contributed by atoms with Crippen LogP contribution in [0.4, 0.5) is 3.89 Å². The molecular weight excluding hydrogens is 171 g/mol. The second kappa shape index (κ2) is 2.30. The molecule has 1 aromatic heterocycles. The molecule has 0 saturated heterocycles. The van der Waals surface area contributed by atoms with Gasteiger partial charge in [0.1, 0.15) is 5.82 Å². The fourth-order valence-electron chi connectivity index (χ4n) is 0.644. The SMILES string of the molecule is Cc1nc(S(=O)(=O)F)cn1C. The van der Waals surface area contributed by atoms with Gasteiger partial charge in [-0.3, -0.25) is 0 Å². The van der Waals surface area contributed by atoms with E-state index in [-0.39, 0.29) is 0 Å². The van der Waals surface area contributed by atoms with Gasteiger partial charge in [-0.25, -0.2) is 4.98 Å². The van der Waals surface area contributed by atoms with E-state index in [2.05, 4.69) is 4.98 Å². The van der Waals surface area contributed by atoms with Crippen LogP contribution in [0.3, 0.4) is 0 Å². The number of aryl methyl sites for hydroxylation is 2. The molecular formula is C5H7FN2O2S. The van der Waals surface area contributed by atoms with E-state index >= 15 is 0 Å². The summed E-state index contributed by atoms with van der Waals surface area (Å²) in [6.07, 6.45) is 1.13. The molecule has 0 fully saturated rings. The summed E-state index contributed by atoms with van der Waals surface area (Å²) in [5, 5.41) is -0.530. The molecule has 0 aromatic carbocycles. The molecule has 11 heavy (non-hydrogen) atoms. The van der Waals surface area contributed by atoms with Crippen molar-refractivity contribution < 1.29 is 12.3 Å². The van der Waals surface area contributed by atoms with Crippen LogP contribution in [0.1, 0.15) is 5.82 Å². The smallest absolute Gasteiger partial charge is 0.337 e. The molecule has 0 aliphatic heterocycles. The molecule has 1 rings (SSSR count). The number of imidazole rings is 1. The van der Waals surface area contributed by atoms with Gasteiger partial charge in [0.2, 0.25) is 5.03 Å². The first-order valence-electron chi connectivity index (χ1n) is 2.86. The average molecular weight is 178 g/mol. The Hall–Kier alpha value is -0.910. The minimum atomic E-state index is -4.64. The third kappa shape index (κ3) is 1.56. The average Bonchev–Trinajstić information content (AvgIpc) is 2.11. The predicted octanol–water partition coefficient (Wildman–Crippen LogP) is 0.387. The quantitative estimate of drug-likeness (QED) is 0.584. The lowest BCUT2D eigenvalue weighted by atomic mass is 10.7. The summed E-state index contributed by atoms with van der Waals surface area (Å²) in [6.45, 7) is 1.59. The van der Waals surface area contributed by atoms with Crippen LogP contribution >= 0.6 is 0 Å². The monoisotopic (exact) mass is 178 g/mol. The summed E-state index contributed by atoms with van der Waals surface area (Å²) in [4.78, 5) is 3.48. The van der Waals surface area contributed by atoms with Gasteiger partial charge in [0, 0.05) is 13.2 Å². The highest BCUT2D eigenvalue weighted by Gasteiger charge is 2.15. The first kappa shape index (κ1) is 8.19. The summed E-state index contributed by atoms with van der Waals surface area (Å²) >= 11 is 0. The standard InChI is InChI=1S/C5H7FN2O2S/c1-4-7-5(3-8(4)2)11(6,9)10/h3H,1-2H3. The maximum atomic E-state index is 12.2. The fourth-order valence-corrected chi connectivity index (χ4v) is 1.17. The van der Waals surface area contributed by atoms with Gasteiger partial charge in [0.25, 0.3) is 0 Å². The second-order valence-electron chi connectivity index (χ2n) is 2.18. The molecule has 6 heteroatoms. The second-order valence-corrected chi connectivity index (χ2v) is 3.47. The van der Waals surface area contributed by atoms with E-state index in [4.69, 9.17) is 0 Å². The maximum absolute atomic E-state index is 12.2. The van der Waals surface area contributed by atoms with Gasteiger partial charge in [-0.15, -0.1) is 0 Å². The van der Waals surface area contributed by atoms with Crippen molar-refractivity contribution in [2.24, 2.45) is 7.05 Å². The van der Waals surface area contributed by atoms with Gasteiger partial charge in [-0.2, -0.15) is 8.42 Å². The fraction of sp³-hybridized carbons (Fsp3) is 0.400. The molecule has 0 atom stereocenters. The van der Waals surface area contributed by atoms with Crippen LogP contribution in [0, 0.1) is 6.92 Å². The predicted molar refractivity (Wildman–Crippen MR) is 36.2 cm³/mol. The van der Waals surface area contributed by atoms with Gasteiger partial charge < -0.3 is 4.57 Å². The molecule has 1 heterocycles. The van der Waals surface area contributed by atoms with Crippen molar-refractivity contribution in [3.8, 4) is 0 Å². The van der Waals surface area contributed by atoms with Gasteiger partial charge in [-0.1, -0.05) is 3.89 Å². The Morgan fingerprint density at radius 3 is 2.36 bits per heavy atom. The van der Waals surface area contributed by atoms with E-state index in [1.54, 1.807) is 14.0 Å². The lowest BCUT2D eigenvalue weighted by Gasteiger charge is -1.87. The molecule has 0 aliphatic carbocycles. The van der Waals surface area contributed by atoms with E-state index in [9.17, 15) is 12.3 Å². The van der Waals surface area contributed by atoms with Crippen LogP contribution in [-0.2, 0) is 17.3 Å². The van der Waals surface area contributed by atoms with Crippen LogP contribution in [0.25, 0.3) is 0 Å². The number of hydrogen-bond donors (Lipinski definition) is 0. The number of hydrogen-bond acceptors (Lipinski definition) is 3. The highest BCUT2D eigenvalue weighted by molar-refractivity contribution is 7.86. The summed E-state index contributed by atoms with van der Waals surface area (Å²) in [5.74, 6) is 0.459. The van der Waals surface area contributed by atoms with Crippen molar-refractivity contribution >= 4 is 10.2 Å². The van der Waals surface area contributed by atoms with Crippen LogP contribution in [0.5, 0.6) is 0 Å². The first-order chi connectivity index (χ1) is 4.91. The number of nitrogens with zero attached hydrogens (tertiary/aromatic N) is 2. The van der Waals surface area contributed by atoms with E-state index in [1.165, 1.54) is 4.57 Å². The first-order valence-corrected chi connectivity index (χ1v) is 4.24. The summed E-state index contributed by atoms with van der Waals surface area (Å²) in [6, 6.07) is 0. The molecule has 1 aromatic rings. The van der Waals surface area contributed by atoms with Gasteiger partial charge in [-0.05, 0) is 6.92 Å². The number of aromatic nitrogens is 2. The highest BCUT2D eigenvalue weighted by atomic mass is 32.3. The minimum Gasteiger partial charge on any atom is -0.337 e. The summed E-state index contributed by atoms with van der Waals surface area (Å²) in [5.41, 5.74) is 0. The molecule has 0 spiro atoms. The van der Waals surface area contributed by atoms with Crippen molar-refractivity contribution in [1.29, 1.82) is 0 Å². The molecule has 4 nitrogen and oxygen atoms in total. The highest BCUT2D eigenvalue weighted by Crippen LogP contribution is 2.09. The van der Waals surface area contributed by atoms with E-state index < -0.39 is 15.2 Å². The Balaban J connectivity index is 3.29. The molecule has 0 amide bonds. The third-order valence-corrected chi connectivity index (χ3v) is 2.03. The topological polar surface area (TPSA) is 52.0 Å². The Kier molecular flexibility index (Phi) is 1.71. The third-order valence-electron chi connectivity index (χ3n) is 1.34. The van der Waals surface area contributed by atoms with Crippen LogP contribution in [0.2, 0.25) is 0 Å². The number of rotatable bonds is 1. The minimum absolute atomic E-state index is 0.459. The zero-order valence-corrected chi connectivity index (χ0v) is 6.89. The molecule has 0 unspecified atom stereocenters. The van der Waals surface area contributed by atoms with E-state index in [0.717, 1.165) is 6.20 Å². The normalized spacial score (nSPS) is 11.9. The summed E-state index contributed by atoms with van der Waals surface area (Å²) in [7, 11) is -3.04. The lowest BCUT2D eigenvalue weighted by molar-refractivity contribution is 0.548. The van der Waals surface area contributed by atoms with Crippen molar-refractivity contribution in [1.82, 2.24) is 9.55 Å². The Morgan fingerprint density at radius 2 is 2.18 bits per heavy atom. The Morgan fingerprint density at radius 1 is 1.64 bits per heavy atom. The summed E-state index contributed by atoms with van der Waals surface area (Å²) < 4.78 is 34.2. The Bertz CT molecular complexity index is 348. The van der Waals surface area contributed by atoms with Gasteiger partial charge in [0.15, 0.2) is 0 Å². The van der Waals surface area contributed by atoms with Crippen molar-refractivity contribution in [3.63, 3.8) is 0 Å². The van der Waals surface area contributed by atoms with Crippen LogP contribution < -0.4 is 0 Å². The zero-order valence-electron chi connectivity index (χ0n) is 6.07. The van der Waals surface area contributed by atoms with E-state index in [0.29, 0.717) is 5.82 Å². The molecule has 0 N–H and O–H groups in total. The van der Waals surface area contributed by atoms with E-state index in [1.807, 2.05) is 0 Å². The molecule has 0 saturated carbocycles.